The number of hydrogen-bond acceptors (Lipinski definition) is 1. The molecule has 0 unspecified atom stereocenters. The van der Waals surface area contributed by atoms with Crippen molar-refractivity contribution in [2.75, 3.05) is 13.6 Å². The van der Waals surface area contributed by atoms with E-state index >= 15 is 0 Å². The van der Waals surface area contributed by atoms with Crippen LogP contribution in [-0.2, 0) is 0 Å². The second-order valence-electron chi connectivity index (χ2n) is 2.94. The molecular formula is C10H11ClFNO. The Morgan fingerprint density at radius 3 is 2.71 bits per heavy atom. The molecular weight excluding hydrogens is 205 g/mol. The highest BCUT2D eigenvalue weighted by atomic mass is 35.5. The molecule has 1 aromatic carbocycles. The van der Waals surface area contributed by atoms with Crippen LogP contribution in [0, 0.1) is 5.82 Å². The highest BCUT2D eigenvalue weighted by Gasteiger charge is 2.13. The molecule has 0 aromatic heterocycles. The van der Waals surface area contributed by atoms with Crippen molar-refractivity contribution in [1.82, 2.24) is 4.90 Å². The van der Waals surface area contributed by atoms with Crippen molar-refractivity contribution in [3.63, 3.8) is 0 Å². The summed E-state index contributed by atoms with van der Waals surface area (Å²) in [5.41, 5.74) is 0.331. The van der Waals surface area contributed by atoms with Gasteiger partial charge in [0.1, 0.15) is 5.82 Å². The quantitative estimate of drug-likeness (QED) is 0.743. The van der Waals surface area contributed by atoms with Crippen molar-refractivity contribution >= 4 is 17.5 Å². The number of carbonyl (C=O) groups excluding carboxylic acids is 1. The fraction of sp³-hybridized carbons (Fsp3) is 0.300. The number of halogens is 2. The van der Waals surface area contributed by atoms with E-state index in [4.69, 9.17) is 11.6 Å². The molecule has 0 saturated carbocycles. The third-order valence-electron chi connectivity index (χ3n) is 1.98. The topological polar surface area (TPSA) is 20.3 Å². The van der Waals surface area contributed by atoms with E-state index in [1.807, 2.05) is 6.92 Å². The van der Waals surface area contributed by atoms with Crippen molar-refractivity contribution in [3.05, 3.63) is 34.6 Å². The summed E-state index contributed by atoms with van der Waals surface area (Å²) in [5, 5.41) is 0.148. The molecule has 0 heterocycles. The Labute approximate surface area is 87.3 Å². The van der Waals surface area contributed by atoms with E-state index < -0.39 is 5.82 Å². The van der Waals surface area contributed by atoms with Crippen LogP contribution in [0.2, 0.25) is 5.02 Å². The molecule has 0 spiro atoms. The summed E-state index contributed by atoms with van der Waals surface area (Å²) in [4.78, 5) is 13.1. The molecule has 0 aliphatic carbocycles. The molecule has 0 aliphatic heterocycles. The molecule has 1 rings (SSSR count). The summed E-state index contributed by atoms with van der Waals surface area (Å²) in [6, 6.07) is 3.76. The Balaban J connectivity index is 3.02. The Morgan fingerprint density at radius 2 is 2.21 bits per heavy atom. The molecule has 1 amide bonds. The second kappa shape index (κ2) is 4.42. The highest BCUT2D eigenvalue weighted by molar-refractivity contribution is 6.33. The van der Waals surface area contributed by atoms with E-state index in [0.717, 1.165) is 6.07 Å². The second-order valence-corrected chi connectivity index (χ2v) is 3.35. The van der Waals surface area contributed by atoms with Crippen molar-refractivity contribution in [3.8, 4) is 0 Å². The van der Waals surface area contributed by atoms with Crippen LogP contribution in [0.1, 0.15) is 17.3 Å². The first kappa shape index (κ1) is 11.0. The average molecular weight is 216 g/mol. The van der Waals surface area contributed by atoms with Gasteiger partial charge in [-0.1, -0.05) is 11.6 Å². The smallest absolute Gasteiger partial charge is 0.255 e. The van der Waals surface area contributed by atoms with Gasteiger partial charge >= 0.3 is 0 Å². The number of nitrogens with zero attached hydrogens (tertiary/aromatic N) is 1. The maximum atomic E-state index is 12.7. The zero-order valence-electron chi connectivity index (χ0n) is 8.05. The molecule has 0 saturated heterocycles. The molecule has 4 heteroatoms. The average Bonchev–Trinajstić information content (AvgIpc) is 2.15. The summed E-state index contributed by atoms with van der Waals surface area (Å²) in [7, 11) is 1.67. The Bertz CT molecular complexity index is 354. The predicted octanol–water partition coefficient (Wildman–Crippen LogP) is 2.57. The summed E-state index contributed by atoms with van der Waals surface area (Å²) in [6.07, 6.45) is 0. The van der Waals surface area contributed by atoms with E-state index in [0.29, 0.717) is 12.1 Å². The van der Waals surface area contributed by atoms with Gasteiger partial charge in [0, 0.05) is 13.6 Å². The van der Waals surface area contributed by atoms with Gasteiger partial charge in [-0.25, -0.2) is 4.39 Å². The summed E-state index contributed by atoms with van der Waals surface area (Å²) in [5.74, 6) is -0.636. The monoisotopic (exact) mass is 215 g/mol. The number of amides is 1. The lowest BCUT2D eigenvalue weighted by Crippen LogP contribution is -2.26. The van der Waals surface area contributed by atoms with E-state index in [2.05, 4.69) is 0 Å². The maximum absolute atomic E-state index is 12.7. The third-order valence-corrected chi connectivity index (χ3v) is 2.30. The molecule has 0 atom stereocenters. The van der Waals surface area contributed by atoms with E-state index in [-0.39, 0.29) is 10.9 Å². The lowest BCUT2D eigenvalue weighted by molar-refractivity contribution is 0.0802. The molecule has 0 N–H and O–H groups in total. The molecule has 1 aromatic rings. The van der Waals surface area contributed by atoms with Crippen LogP contribution < -0.4 is 0 Å². The van der Waals surface area contributed by atoms with Gasteiger partial charge in [0.05, 0.1) is 10.6 Å². The minimum absolute atomic E-state index is 0.148. The zero-order valence-corrected chi connectivity index (χ0v) is 8.81. The molecule has 2 nitrogen and oxygen atoms in total. The Hall–Kier alpha value is -1.09. The van der Waals surface area contributed by atoms with Crippen LogP contribution in [0.15, 0.2) is 18.2 Å². The van der Waals surface area contributed by atoms with E-state index in [9.17, 15) is 9.18 Å². The number of benzene rings is 1. The predicted molar refractivity (Wildman–Crippen MR) is 54.0 cm³/mol. The Morgan fingerprint density at radius 1 is 1.57 bits per heavy atom. The van der Waals surface area contributed by atoms with Gasteiger partial charge in [0.15, 0.2) is 0 Å². The molecule has 0 radical (unpaired) electrons. The SMILES string of the molecule is CCN(C)C(=O)c1ccc(F)cc1Cl. The van der Waals surface area contributed by atoms with Gasteiger partial charge in [-0.15, -0.1) is 0 Å². The number of carbonyl (C=O) groups is 1. The van der Waals surface area contributed by atoms with Crippen molar-refractivity contribution in [2.24, 2.45) is 0 Å². The minimum atomic E-state index is -0.439. The first-order chi connectivity index (χ1) is 6.56. The van der Waals surface area contributed by atoms with Gasteiger partial charge < -0.3 is 4.90 Å². The van der Waals surface area contributed by atoms with Gasteiger partial charge in [0.25, 0.3) is 5.91 Å². The largest absolute Gasteiger partial charge is 0.342 e. The lowest BCUT2D eigenvalue weighted by Gasteiger charge is -2.15. The number of rotatable bonds is 2. The van der Waals surface area contributed by atoms with Gasteiger partial charge in [0.2, 0.25) is 0 Å². The molecule has 14 heavy (non-hydrogen) atoms. The Kier molecular flexibility index (Phi) is 3.47. The third kappa shape index (κ3) is 2.23. The normalized spacial score (nSPS) is 10.0. The lowest BCUT2D eigenvalue weighted by atomic mass is 10.2. The minimum Gasteiger partial charge on any atom is -0.342 e. The van der Waals surface area contributed by atoms with Crippen molar-refractivity contribution < 1.29 is 9.18 Å². The van der Waals surface area contributed by atoms with Crippen LogP contribution in [-0.4, -0.2) is 24.4 Å². The fourth-order valence-electron chi connectivity index (χ4n) is 1.01. The van der Waals surface area contributed by atoms with Crippen molar-refractivity contribution in [2.45, 2.75) is 6.92 Å². The van der Waals surface area contributed by atoms with Gasteiger partial charge in [-0.05, 0) is 25.1 Å². The first-order valence-corrected chi connectivity index (χ1v) is 4.64. The van der Waals surface area contributed by atoms with E-state index in [1.165, 1.54) is 17.0 Å². The first-order valence-electron chi connectivity index (χ1n) is 4.26. The molecule has 0 aliphatic rings. The number of hydrogen-bond donors (Lipinski definition) is 0. The fourth-order valence-corrected chi connectivity index (χ4v) is 1.26. The van der Waals surface area contributed by atoms with Crippen LogP contribution in [0.3, 0.4) is 0 Å². The molecule has 0 fully saturated rings. The molecule has 76 valence electrons. The summed E-state index contributed by atoms with van der Waals surface area (Å²) < 4.78 is 12.7. The maximum Gasteiger partial charge on any atom is 0.255 e. The standard InChI is InChI=1S/C10H11ClFNO/c1-3-13(2)10(14)8-5-4-7(12)6-9(8)11/h4-6H,3H2,1-2H3. The van der Waals surface area contributed by atoms with Crippen LogP contribution in [0.5, 0.6) is 0 Å². The van der Waals surface area contributed by atoms with Crippen molar-refractivity contribution in [1.29, 1.82) is 0 Å². The van der Waals surface area contributed by atoms with E-state index in [1.54, 1.807) is 7.05 Å². The highest BCUT2D eigenvalue weighted by Crippen LogP contribution is 2.18. The molecule has 0 bridgehead atoms. The van der Waals surface area contributed by atoms with Crippen LogP contribution in [0.25, 0.3) is 0 Å². The zero-order chi connectivity index (χ0) is 10.7. The van der Waals surface area contributed by atoms with Gasteiger partial charge in [-0.2, -0.15) is 0 Å². The summed E-state index contributed by atoms with van der Waals surface area (Å²) in [6.45, 7) is 2.45. The van der Waals surface area contributed by atoms with Crippen LogP contribution in [0.4, 0.5) is 4.39 Å². The van der Waals surface area contributed by atoms with Crippen LogP contribution >= 0.6 is 11.6 Å². The van der Waals surface area contributed by atoms with Gasteiger partial charge in [-0.3, -0.25) is 4.79 Å². The summed E-state index contributed by atoms with van der Waals surface area (Å²) >= 11 is 5.74.